The molecule has 0 aliphatic rings. The lowest BCUT2D eigenvalue weighted by Gasteiger charge is -2.19. The number of rotatable bonds is 6. The van der Waals surface area contributed by atoms with Crippen molar-refractivity contribution in [3.8, 4) is 0 Å². The molecule has 0 fully saturated rings. The van der Waals surface area contributed by atoms with E-state index >= 15 is 0 Å². The minimum Gasteiger partial charge on any atom is -0.329 e. The molecule has 1 aromatic heterocycles. The Morgan fingerprint density at radius 2 is 2.26 bits per heavy atom. The Kier molecular flexibility index (Phi) is 6.92. The molecular formula is C13H14Cl3N3. The number of hydrogen-bond donors (Lipinski definition) is 0. The zero-order valence-electron chi connectivity index (χ0n) is 10.5. The lowest BCUT2D eigenvalue weighted by Crippen LogP contribution is -2.16. The van der Waals surface area contributed by atoms with E-state index in [2.05, 4.69) is 16.5 Å². The van der Waals surface area contributed by atoms with Gasteiger partial charge in [0.1, 0.15) is 5.82 Å². The maximum Gasteiger partial charge on any atom is 0.224 e. The molecule has 0 amide bonds. The second kappa shape index (κ2) is 8.20. The molecule has 3 nitrogen and oxygen atoms in total. The van der Waals surface area contributed by atoms with Gasteiger partial charge in [0.05, 0.1) is 0 Å². The van der Waals surface area contributed by atoms with Crippen molar-refractivity contribution in [2.24, 2.45) is 0 Å². The number of allylic oxidation sites excluding steroid dienone is 4. The van der Waals surface area contributed by atoms with Crippen molar-refractivity contribution < 1.29 is 0 Å². The Labute approximate surface area is 128 Å². The number of alkyl halides is 1. The number of hydrogen-bond acceptors (Lipinski definition) is 3. The summed E-state index contributed by atoms with van der Waals surface area (Å²) < 4.78 is 0. The number of anilines is 1. The molecule has 0 spiro atoms. The van der Waals surface area contributed by atoms with Gasteiger partial charge in [0.25, 0.3) is 0 Å². The molecule has 1 rings (SSSR count). The quantitative estimate of drug-likeness (QED) is 0.442. The lowest BCUT2D eigenvalue weighted by atomic mass is 10.3. The fraction of sp³-hybridized carbons (Fsp3) is 0.231. The highest BCUT2D eigenvalue weighted by Gasteiger charge is 2.07. The molecule has 102 valence electrons. The predicted molar refractivity (Wildman–Crippen MR) is 83.0 cm³/mol. The summed E-state index contributed by atoms with van der Waals surface area (Å²) in [5.41, 5.74) is 0.797. The van der Waals surface area contributed by atoms with Crippen LogP contribution >= 0.6 is 34.8 Å². The van der Waals surface area contributed by atoms with Gasteiger partial charge < -0.3 is 4.90 Å². The third kappa shape index (κ3) is 5.23. The minimum atomic E-state index is 0.191. The van der Waals surface area contributed by atoms with Gasteiger partial charge in [0, 0.05) is 29.9 Å². The van der Waals surface area contributed by atoms with E-state index in [0.29, 0.717) is 23.2 Å². The number of halogens is 3. The number of nitrogens with zero attached hydrogens (tertiary/aromatic N) is 3. The Balaban J connectivity index is 2.96. The third-order valence-electron chi connectivity index (χ3n) is 2.29. The van der Waals surface area contributed by atoms with E-state index < -0.39 is 0 Å². The van der Waals surface area contributed by atoms with Crippen LogP contribution in [0.4, 0.5) is 5.82 Å². The fourth-order valence-electron chi connectivity index (χ4n) is 1.33. The fourth-order valence-corrected chi connectivity index (χ4v) is 1.80. The lowest BCUT2D eigenvalue weighted by molar-refractivity contribution is 1.04. The van der Waals surface area contributed by atoms with Crippen LogP contribution in [0.15, 0.2) is 47.8 Å². The van der Waals surface area contributed by atoms with Crippen LogP contribution in [0.1, 0.15) is 6.42 Å². The molecule has 6 heteroatoms. The second-order valence-electron chi connectivity index (χ2n) is 3.58. The van der Waals surface area contributed by atoms with Gasteiger partial charge in [-0.3, -0.25) is 0 Å². The standard InChI is InChI=1S/C13H14Cl3N3/c1-3-11(9-10(15)5-4-7-14)19(2)12-6-8-17-13(16)18-12/h3,5-6,8-9H,1,4,7H2,2H3/b10-5+,11-9+. The Hall–Kier alpha value is -1.03. The summed E-state index contributed by atoms with van der Waals surface area (Å²) in [7, 11) is 1.85. The molecule has 0 saturated carbocycles. The molecule has 0 aromatic carbocycles. The number of likely N-dealkylation sites (N-methyl/N-ethyl adjacent to an activating group) is 1. The molecule has 1 aromatic rings. The van der Waals surface area contributed by atoms with Gasteiger partial charge in [0.2, 0.25) is 5.28 Å². The highest BCUT2D eigenvalue weighted by Crippen LogP contribution is 2.19. The summed E-state index contributed by atoms with van der Waals surface area (Å²) in [6.45, 7) is 3.77. The van der Waals surface area contributed by atoms with Crippen LogP contribution in [0.25, 0.3) is 0 Å². The molecule has 0 saturated heterocycles. The molecule has 0 atom stereocenters. The minimum absolute atomic E-state index is 0.191. The zero-order valence-corrected chi connectivity index (χ0v) is 12.8. The molecule has 0 bridgehead atoms. The highest BCUT2D eigenvalue weighted by atomic mass is 35.5. The SMILES string of the molecule is C=C/C(=C\C(Cl)=C/CCCl)N(C)c1ccnc(Cl)n1. The first kappa shape index (κ1) is 16.0. The third-order valence-corrected chi connectivity index (χ3v) is 2.95. The van der Waals surface area contributed by atoms with Crippen LogP contribution in [-0.2, 0) is 0 Å². The summed E-state index contributed by atoms with van der Waals surface area (Å²) in [4.78, 5) is 9.78. The first-order chi connectivity index (χ1) is 9.08. The van der Waals surface area contributed by atoms with E-state index in [-0.39, 0.29) is 5.28 Å². The summed E-state index contributed by atoms with van der Waals surface area (Å²) >= 11 is 17.5. The molecule has 0 aliphatic heterocycles. The van der Waals surface area contributed by atoms with Gasteiger partial charge in [0.15, 0.2) is 0 Å². The van der Waals surface area contributed by atoms with Crippen molar-refractivity contribution in [1.29, 1.82) is 0 Å². The van der Waals surface area contributed by atoms with Crippen LogP contribution in [0, 0.1) is 0 Å². The van der Waals surface area contributed by atoms with Gasteiger partial charge in [-0.2, -0.15) is 0 Å². The normalized spacial score (nSPS) is 12.4. The van der Waals surface area contributed by atoms with Crippen molar-refractivity contribution in [1.82, 2.24) is 9.97 Å². The second-order valence-corrected chi connectivity index (χ2v) is 4.74. The van der Waals surface area contributed by atoms with Crippen molar-refractivity contribution in [2.45, 2.75) is 6.42 Å². The molecular weight excluding hydrogens is 305 g/mol. The van der Waals surface area contributed by atoms with Crippen molar-refractivity contribution in [3.63, 3.8) is 0 Å². The van der Waals surface area contributed by atoms with Gasteiger partial charge in [-0.25, -0.2) is 9.97 Å². The van der Waals surface area contributed by atoms with Crippen molar-refractivity contribution >= 4 is 40.6 Å². The molecule has 0 radical (unpaired) electrons. The molecule has 0 unspecified atom stereocenters. The maximum absolute atomic E-state index is 6.09. The van der Waals surface area contributed by atoms with Gasteiger partial charge in [-0.05, 0) is 36.2 Å². The monoisotopic (exact) mass is 317 g/mol. The molecule has 0 aliphatic carbocycles. The first-order valence-electron chi connectivity index (χ1n) is 5.56. The van der Waals surface area contributed by atoms with Crippen molar-refractivity contribution in [3.05, 3.63) is 53.1 Å². The van der Waals surface area contributed by atoms with Crippen molar-refractivity contribution in [2.75, 3.05) is 17.8 Å². The average molecular weight is 319 g/mol. The van der Waals surface area contributed by atoms with Crippen LogP contribution in [0.2, 0.25) is 5.28 Å². The number of aromatic nitrogens is 2. The summed E-state index contributed by atoms with van der Waals surface area (Å²) in [6, 6.07) is 1.75. The van der Waals surface area contributed by atoms with Gasteiger partial charge in [-0.1, -0.05) is 24.3 Å². The largest absolute Gasteiger partial charge is 0.329 e. The summed E-state index contributed by atoms with van der Waals surface area (Å²) in [5, 5.41) is 0.791. The smallest absolute Gasteiger partial charge is 0.224 e. The van der Waals surface area contributed by atoms with E-state index in [0.717, 1.165) is 5.70 Å². The Bertz CT molecular complexity index is 498. The summed E-state index contributed by atoms with van der Waals surface area (Å²) in [5.74, 6) is 1.19. The Morgan fingerprint density at radius 3 is 2.84 bits per heavy atom. The average Bonchev–Trinajstić information content (AvgIpc) is 2.41. The van der Waals surface area contributed by atoms with E-state index in [1.165, 1.54) is 0 Å². The van der Waals surface area contributed by atoms with Gasteiger partial charge in [-0.15, -0.1) is 11.6 Å². The first-order valence-corrected chi connectivity index (χ1v) is 6.85. The predicted octanol–water partition coefficient (Wildman–Crippen LogP) is 4.39. The molecule has 1 heterocycles. The van der Waals surface area contributed by atoms with E-state index in [4.69, 9.17) is 34.8 Å². The van der Waals surface area contributed by atoms with E-state index in [1.54, 1.807) is 24.4 Å². The maximum atomic E-state index is 6.09. The van der Waals surface area contributed by atoms with Crippen LogP contribution in [-0.4, -0.2) is 22.9 Å². The van der Waals surface area contributed by atoms with Crippen LogP contribution in [0.3, 0.4) is 0 Å². The van der Waals surface area contributed by atoms with E-state index in [9.17, 15) is 0 Å². The van der Waals surface area contributed by atoms with Gasteiger partial charge >= 0.3 is 0 Å². The van der Waals surface area contributed by atoms with E-state index in [1.807, 2.05) is 18.0 Å². The Morgan fingerprint density at radius 1 is 1.53 bits per heavy atom. The summed E-state index contributed by atoms with van der Waals surface area (Å²) in [6.07, 6.45) is 7.63. The van der Waals surface area contributed by atoms with Crippen LogP contribution in [0.5, 0.6) is 0 Å². The molecule has 19 heavy (non-hydrogen) atoms. The zero-order chi connectivity index (χ0) is 14.3. The highest BCUT2D eigenvalue weighted by molar-refractivity contribution is 6.31. The molecule has 0 N–H and O–H groups in total. The van der Waals surface area contributed by atoms with Crippen LogP contribution < -0.4 is 4.90 Å². The topological polar surface area (TPSA) is 29.0 Å².